The molecule has 0 aliphatic heterocycles. The Bertz CT molecular complexity index is 652. The predicted molar refractivity (Wildman–Crippen MR) is 66.7 cm³/mol. The number of hydrogen-bond acceptors (Lipinski definition) is 4. The molecule has 0 saturated heterocycles. The first-order valence-corrected chi connectivity index (χ1v) is 6.99. The van der Waals surface area contributed by atoms with E-state index in [1.165, 1.54) is 18.5 Å². The van der Waals surface area contributed by atoms with E-state index in [9.17, 15) is 8.42 Å². The molecule has 1 aromatic carbocycles. The monoisotopic (exact) mass is 286 g/mol. The molecule has 7 heteroatoms. The lowest BCUT2D eigenvalue weighted by atomic mass is 10.4. The van der Waals surface area contributed by atoms with Crippen LogP contribution in [0.2, 0.25) is 5.02 Å². The largest absolute Gasteiger partial charge is 0.447 e. The summed E-state index contributed by atoms with van der Waals surface area (Å²) in [5, 5.41) is 0.369. The van der Waals surface area contributed by atoms with Crippen LogP contribution in [0.4, 0.5) is 0 Å². The Balaban J connectivity index is 2.16. The van der Waals surface area contributed by atoms with Crippen molar-refractivity contribution in [2.45, 2.75) is 18.4 Å². The highest BCUT2D eigenvalue weighted by Crippen LogP contribution is 2.15. The third kappa shape index (κ3) is 2.90. The summed E-state index contributed by atoms with van der Waals surface area (Å²) in [6.45, 7) is 1.80. The summed E-state index contributed by atoms with van der Waals surface area (Å²) in [5.41, 5.74) is 0.656. The third-order valence-corrected chi connectivity index (χ3v) is 4.01. The van der Waals surface area contributed by atoms with E-state index in [-0.39, 0.29) is 11.4 Å². The maximum Gasteiger partial charge on any atom is 0.241 e. The van der Waals surface area contributed by atoms with Crippen LogP contribution in [-0.4, -0.2) is 13.4 Å². The fourth-order valence-corrected chi connectivity index (χ4v) is 2.66. The SMILES string of the molecule is Cc1ncoc1CNS(=O)(=O)c1cccc(Cl)c1. The second-order valence-corrected chi connectivity index (χ2v) is 5.85. The molecule has 0 aliphatic carbocycles. The molecule has 1 aromatic heterocycles. The number of hydrogen-bond donors (Lipinski definition) is 1. The Labute approximate surface area is 110 Å². The normalized spacial score (nSPS) is 11.7. The number of aromatic nitrogens is 1. The zero-order chi connectivity index (χ0) is 13.2. The highest BCUT2D eigenvalue weighted by molar-refractivity contribution is 7.89. The molecule has 0 saturated carbocycles. The number of aryl methyl sites for hydroxylation is 1. The Morgan fingerprint density at radius 1 is 1.44 bits per heavy atom. The molecule has 2 rings (SSSR count). The Hall–Kier alpha value is -1.37. The van der Waals surface area contributed by atoms with Gasteiger partial charge in [0.1, 0.15) is 5.76 Å². The molecule has 2 aromatic rings. The number of oxazole rings is 1. The van der Waals surface area contributed by atoms with E-state index in [0.717, 1.165) is 0 Å². The second-order valence-electron chi connectivity index (χ2n) is 3.64. The first-order valence-electron chi connectivity index (χ1n) is 5.13. The zero-order valence-electron chi connectivity index (χ0n) is 9.55. The molecule has 1 N–H and O–H groups in total. The van der Waals surface area contributed by atoms with Crippen LogP contribution in [0, 0.1) is 6.92 Å². The molecule has 0 atom stereocenters. The summed E-state index contributed by atoms with van der Waals surface area (Å²) in [7, 11) is -3.60. The standard InChI is InChI=1S/C11H11ClN2O3S/c1-8-11(17-7-13-8)6-14-18(15,16)10-4-2-3-9(12)5-10/h2-5,7,14H,6H2,1H3. The summed E-state index contributed by atoms with van der Waals surface area (Å²) in [6.07, 6.45) is 1.28. The van der Waals surface area contributed by atoms with Gasteiger partial charge in [-0.15, -0.1) is 0 Å². The Morgan fingerprint density at radius 3 is 2.83 bits per heavy atom. The minimum Gasteiger partial charge on any atom is -0.447 e. The van der Waals surface area contributed by atoms with Gasteiger partial charge in [0.25, 0.3) is 0 Å². The first kappa shape index (κ1) is 13.1. The van der Waals surface area contributed by atoms with Crippen molar-refractivity contribution in [3.63, 3.8) is 0 Å². The van der Waals surface area contributed by atoms with E-state index in [0.29, 0.717) is 16.5 Å². The van der Waals surface area contributed by atoms with Gasteiger partial charge in [-0.3, -0.25) is 0 Å². The maximum absolute atomic E-state index is 12.0. The zero-order valence-corrected chi connectivity index (χ0v) is 11.1. The minimum absolute atomic E-state index is 0.0562. The number of rotatable bonds is 4. The van der Waals surface area contributed by atoms with Crippen LogP contribution in [0.5, 0.6) is 0 Å². The van der Waals surface area contributed by atoms with Gasteiger partial charge in [-0.2, -0.15) is 0 Å². The van der Waals surface area contributed by atoms with E-state index < -0.39 is 10.0 Å². The van der Waals surface area contributed by atoms with E-state index in [1.807, 2.05) is 0 Å². The van der Waals surface area contributed by atoms with E-state index >= 15 is 0 Å². The molecule has 0 bridgehead atoms. The van der Waals surface area contributed by atoms with Crippen molar-refractivity contribution in [2.24, 2.45) is 0 Å². The number of nitrogens with zero attached hydrogens (tertiary/aromatic N) is 1. The molecule has 0 unspecified atom stereocenters. The highest BCUT2D eigenvalue weighted by Gasteiger charge is 2.15. The lowest BCUT2D eigenvalue weighted by Gasteiger charge is -2.05. The van der Waals surface area contributed by atoms with Crippen LogP contribution in [0.1, 0.15) is 11.5 Å². The molecule has 96 valence electrons. The molecule has 18 heavy (non-hydrogen) atoms. The molecule has 0 spiro atoms. The molecule has 0 fully saturated rings. The molecule has 5 nitrogen and oxygen atoms in total. The third-order valence-electron chi connectivity index (χ3n) is 2.37. The average molecular weight is 287 g/mol. The summed E-state index contributed by atoms with van der Waals surface area (Å²) < 4.78 is 31.4. The van der Waals surface area contributed by atoms with Crippen molar-refractivity contribution in [1.29, 1.82) is 0 Å². The van der Waals surface area contributed by atoms with E-state index in [2.05, 4.69) is 9.71 Å². The number of sulfonamides is 1. The van der Waals surface area contributed by atoms with Gasteiger partial charge in [-0.05, 0) is 25.1 Å². The van der Waals surface area contributed by atoms with Crippen molar-refractivity contribution in [3.05, 3.63) is 47.1 Å². The van der Waals surface area contributed by atoms with Crippen LogP contribution in [-0.2, 0) is 16.6 Å². The fraction of sp³-hybridized carbons (Fsp3) is 0.182. The topological polar surface area (TPSA) is 72.2 Å². The van der Waals surface area contributed by atoms with Gasteiger partial charge in [0.05, 0.1) is 17.1 Å². The number of nitrogens with one attached hydrogen (secondary N) is 1. The average Bonchev–Trinajstić information content (AvgIpc) is 2.72. The second kappa shape index (κ2) is 5.09. The molecule has 0 amide bonds. The number of halogens is 1. The Morgan fingerprint density at radius 2 is 2.22 bits per heavy atom. The van der Waals surface area contributed by atoms with Crippen molar-refractivity contribution in [3.8, 4) is 0 Å². The van der Waals surface area contributed by atoms with Crippen molar-refractivity contribution < 1.29 is 12.8 Å². The summed E-state index contributed by atoms with van der Waals surface area (Å²) in [6, 6.07) is 6.05. The molecular weight excluding hydrogens is 276 g/mol. The van der Waals surface area contributed by atoms with Crippen LogP contribution < -0.4 is 4.72 Å². The smallest absolute Gasteiger partial charge is 0.241 e. The van der Waals surface area contributed by atoms with Gasteiger partial charge >= 0.3 is 0 Å². The molecule has 0 aliphatic rings. The summed E-state index contributed by atoms with van der Waals surface area (Å²) >= 11 is 5.76. The van der Waals surface area contributed by atoms with Crippen LogP contribution >= 0.6 is 11.6 Å². The van der Waals surface area contributed by atoms with E-state index in [1.54, 1.807) is 19.1 Å². The van der Waals surface area contributed by atoms with Gasteiger partial charge in [-0.1, -0.05) is 17.7 Å². The molecular formula is C11H11ClN2O3S. The molecule has 1 heterocycles. The van der Waals surface area contributed by atoms with Gasteiger partial charge in [0.2, 0.25) is 10.0 Å². The van der Waals surface area contributed by atoms with Crippen LogP contribution in [0.3, 0.4) is 0 Å². The van der Waals surface area contributed by atoms with Gasteiger partial charge < -0.3 is 4.42 Å². The minimum atomic E-state index is -3.60. The predicted octanol–water partition coefficient (Wildman–Crippen LogP) is 2.11. The fourth-order valence-electron chi connectivity index (χ4n) is 1.37. The maximum atomic E-state index is 12.0. The lowest BCUT2D eigenvalue weighted by Crippen LogP contribution is -2.23. The summed E-state index contributed by atoms with van der Waals surface area (Å²) in [4.78, 5) is 4.00. The first-order chi connectivity index (χ1) is 8.49. The molecule has 0 radical (unpaired) electrons. The van der Waals surface area contributed by atoms with Gasteiger partial charge in [-0.25, -0.2) is 18.1 Å². The van der Waals surface area contributed by atoms with Crippen LogP contribution in [0.15, 0.2) is 40.0 Å². The van der Waals surface area contributed by atoms with Crippen LogP contribution in [0.25, 0.3) is 0 Å². The Kier molecular flexibility index (Phi) is 3.70. The highest BCUT2D eigenvalue weighted by atomic mass is 35.5. The van der Waals surface area contributed by atoms with Gasteiger partial charge in [0.15, 0.2) is 6.39 Å². The van der Waals surface area contributed by atoms with E-state index in [4.69, 9.17) is 16.0 Å². The van der Waals surface area contributed by atoms with Crippen molar-refractivity contribution >= 4 is 21.6 Å². The lowest BCUT2D eigenvalue weighted by molar-refractivity contribution is 0.492. The van der Waals surface area contributed by atoms with Crippen molar-refractivity contribution in [1.82, 2.24) is 9.71 Å². The van der Waals surface area contributed by atoms with Crippen molar-refractivity contribution in [2.75, 3.05) is 0 Å². The summed E-state index contributed by atoms with van der Waals surface area (Å²) in [5.74, 6) is 0.487. The number of benzene rings is 1. The van der Waals surface area contributed by atoms with Gasteiger partial charge in [0, 0.05) is 5.02 Å². The quantitative estimate of drug-likeness (QED) is 0.934.